The second-order valence-electron chi connectivity index (χ2n) is 3.71. The molecule has 2 aromatic rings. The summed E-state index contributed by atoms with van der Waals surface area (Å²) in [5.41, 5.74) is 2.20. The molecule has 4 heteroatoms. The molecule has 2 heterocycles. The first-order valence-electron chi connectivity index (χ1n) is 5.02. The summed E-state index contributed by atoms with van der Waals surface area (Å²) < 4.78 is 1.82. The van der Waals surface area contributed by atoms with E-state index in [9.17, 15) is 10.4 Å². The van der Waals surface area contributed by atoms with Crippen LogP contribution in [-0.2, 0) is 0 Å². The Balaban J connectivity index is 2.68. The first kappa shape index (κ1) is 10.4. The van der Waals surface area contributed by atoms with E-state index >= 15 is 0 Å². The van der Waals surface area contributed by atoms with Gasteiger partial charge in [0.15, 0.2) is 5.69 Å². The number of pyridine rings is 2. The Kier molecular flexibility index (Phi) is 2.48. The van der Waals surface area contributed by atoms with Crippen molar-refractivity contribution in [1.82, 2.24) is 0 Å². The van der Waals surface area contributed by atoms with Gasteiger partial charge < -0.3 is 5.21 Å². The summed E-state index contributed by atoms with van der Waals surface area (Å²) in [6.07, 6.45) is 0. The van der Waals surface area contributed by atoms with Crippen LogP contribution in [0.2, 0.25) is 0 Å². The van der Waals surface area contributed by atoms with Crippen molar-refractivity contribution in [2.24, 2.45) is 0 Å². The quantitative estimate of drug-likeness (QED) is 0.442. The van der Waals surface area contributed by atoms with Gasteiger partial charge in [0.1, 0.15) is 0 Å². The van der Waals surface area contributed by atoms with Gasteiger partial charge in [-0.3, -0.25) is 5.21 Å². The fourth-order valence-electron chi connectivity index (χ4n) is 1.60. The molecule has 0 radical (unpaired) electrons. The third-order valence-electron chi connectivity index (χ3n) is 2.55. The molecule has 1 N–H and O–H groups in total. The summed E-state index contributed by atoms with van der Waals surface area (Å²) >= 11 is 0. The van der Waals surface area contributed by atoms with E-state index in [4.69, 9.17) is 0 Å². The Morgan fingerprint density at radius 1 is 0.938 bits per heavy atom. The van der Waals surface area contributed by atoms with Crippen molar-refractivity contribution in [1.29, 1.82) is 0 Å². The predicted molar refractivity (Wildman–Crippen MR) is 57.7 cm³/mol. The molecule has 4 nitrogen and oxygen atoms in total. The van der Waals surface area contributed by atoms with Gasteiger partial charge in [0.25, 0.3) is 5.69 Å². The average molecular weight is 217 g/mol. The van der Waals surface area contributed by atoms with Crippen LogP contribution in [0, 0.1) is 19.1 Å². The van der Waals surface area contributed by atoms with Crippen LogP contribution in [0.3, 0.4) is 0 Å². The zero-order chi connectivity index (χ0) is 11.7. The van der Waals surface area contributed by atoms with Gasteiger partial charge in [0, 0.05) is 42.8 Å². The van der Waals surface area contributed by atoms with Crippen molar-refractivity contribution in [3.8, 4) is 11.4 Å². The fourth-order valence-corrected chi connectivity index (χ4v) is 1.60. The Bertz CT molecular complexity index is 489. The van der Waals surface area contributed by atoms with Crippen molar-refractivity contribution in [3.05, 3.63) is 53.0 Å². The van der Waals surface area contributed by atoms with Gasteiger partial charge in [-0.25, -0.2) is 0 Å². The molecular weight excluding hydrogens is 204 g/mol. The minimum absolute atomic E-state index is 0.436. The van der Waals surface area contributed by atoms with Crippen LogP contribution in [0.5, 0.6) is 0 Å². The third-order valence-corrected chi connectivity index (χ3v) is 2.55. The van der Waals surface area contributed by atoms with Crippen molar-refractivity contribution >= 4 is 0 Å². The molecule has 0 saturated heterocycles. The second kappa shape index (κ2) is 3.81. The maximum atomic E-state index is 11.8. The van der Waals surface area contributed by atoms with Crippen molar-refractivity contribution < 1.29 is 14.7 Å². The summed E-state index contributed by atoms with van der Waals surface area (Å²) in [5.74, 6) is 0. The summed E-state index contributed by atoms with van der Waals surface area (Å²) in [5, 5.41) is 21.7. The van der Waals surface area contributed by atoms with Gasteiger partial charge in [0.05, 0.1) is 0 Å². The van der Waals surface area contributed by atoms with Crippen molar-refractivity contribution in [2.45, 2.75) is 13.8 Å². The zero-order valence-electron chi connectivity index (χ0n) is 9.21. The Hall–Kier alpha value is -2.10. The van der Waals surface area contributed by atoms with E-state index in [-0.39, 0.29) is 0 Å². The van der Waals surface area contributed by atoms with E-state index in [1.54, 1.807) is 50.2 Å². The van der Waals surface area contributed by atoms with Crippen LogP contribution in [-0.4, -0.2) is 5.21 Å². The van der Waals surface area contributed by atoms with Crippen molar-refractivity contribution in [3.63, 3.8) is 0 Å². The molecule has 0 aliphatic heterocycles. The number of nitrogens with zero attached hydrogens (tertiary/aromatic N) is 2. The summed E-state index contributed by atoms with van der Waals surface area (Å²) in [6.45, 7) is 3.50. The monoisotopic (exact) mass is 217 g/mol. The van der Waals surface area contributed by atoms with Crippen LogP contribution in [0.1, 0.15) is 11.4 Å². The van der Waals surface area contributed by atoms with E-state index in [1.165, 1.54) is 0 Å². The maximum absolute atomic E-state index is 11.8. The molecular formula is C12H13N2O2+. The molecule has 16 heavy (non-hydrogen) atoms. The smallest absolute Gasteiger partial charge is 0.329 e. The van der Waals surface area contributed by atoms with E-state index in [0.717, 1.165) is 9.46 Å². The number of hydrogen-bond acceptors (Lipinski definition) is 2. The minimum Gasteiger partial charge on any atom is -0.618 e. The molecule has 0 bridgehead atoms. The SMILES string of the molecule is Cc1cccc(-c2cccc(C)[n+]2O)[n+]1[O-]. The molecule has 2 rings (SSSR count). The third kappa shape index (κ3) is 1.58. The highest BCUT2D eigenvalue weighted by Gasteiger charge is 2.23. The molecule has 0 aliphatic rings. The number of aryl methyl sites for hydroxylation is 2. The Morgan fingerprint density at radius 3 is 2.19 bits per heavy atom. The maximum Gasteiger partial charge on any atom is 0.329 e. The van der Waals surface area contributed by atoms with Gasteiger partial charge in [-0.2, -0.15) is 4.73 Å². The van der Waals surface area contributed by atoms with Crippen LogP contribution in [0.15, 0.2) is 36.4 Å². The zero-order valence-corrected chi connectivity index (χ0v) is 9.21. The van der Waals surface area contributed by atoms with Crippen LogP contribution >= 0.6 is 0 Å². The predicted octanol–water partition coefficient (Wildman–Crippen LogP) is 1.13. The average Bonchev–Trinajstić information content (AvgIpc) is 2.27. The lowest BCUT2D eigenvalue weighted by Crippen LogP contribution is -2.41. The first-order valence-corrected chi connectivity index (χ1v) is 5.02. The van der Waals surface area contributed by atoms with Gasteiger partial charge in [-0.1, -0.05) is 0 Å². The van der Waals surface area contributed by atoms with Gasteiger partial charge >= 0.3 is 5.69 Å². The molecule has 2 aromatic heterocycles. The van der Waals surface area contributed by atoms with E-state index in [2.05, 4.69) is 0 Å². The molecule has 0 aliphatic carbocycles. The topological polar surface area (TPSA) is 51.0 Å². The number of aromatic nitrogens is 2. The lowest BCUT2D eigenvalue weighted by Gasteiger charge is -2.04. The van der Waals surface area contributed by atoms with Gasteiger partial charge in [0.2, 0.25) is 5.69 Å². The lowest BCUT2D eigenvalue weighted by atomic mass is 10.2. The highest BCUT2D eigenvalue weighted by molar-refractivity contribution is 5.46. The van der Waals surface area contributed by atoms with E-state index < -0.39 is 0 Å². The van der Waals surface area contributed by atoms with Crippen LogP contribution in [0.4, 0.5) is 0 Å². The highest BCUT2D eigenvalue weighted by Crippen LogP contribution is 2.10. The summed E-state index contributed by atoms with van der Waals surface area (Å²) in [6, 6.07) is 10.5. The standard InChI is InChI=1S/C12H13N2O2/c1-9-5-3-7-11(13(9)15)12-8-4-6-10(2)14(12)16/h3-8,15H,1-2H3/q+1. The molecule has 0 atom stereocenters. The van der Waals surface area contributed by atoms with Gasteiger partial charge in [-0.05, 0) is 12.1 Å². The highest BCUT2D eigenvalue weighted by atomic mass is 16.5. The molecule has 0 saturated carbocycles. The van der Waals surface area contributed by atoms with Gasteiger partial charge in [-0.15, -0.1) is 0 Å². The number of rotatable bonds is 1. The number of hydrogen-bond donors (Lipinski definition) is 1. The molecule has 0 unspecified atom stereocenters. The van der Waals surface area contributed by atoms with E-state index in [1.807, 2.05) is 0 Å². The first-order chi connectivity index (χ1) is 7.61. The lowest BCUT2D eigenvalue weighted by molar-refractivity contribution is -0.902. The summed E-state index contributed by atoms with van der Waals surface area (Å²) in [7, 11) is 0. The Morgan fingerprint density at radius 2 is 1.50 bits per heavy atom. The second-order valence-corrected chi connectivity index (χ2v) is 3.71. The molecule has 0 amide bonds. The van der Waals surface area contributed by atoms with E-state index in [0.29, 0.717) is 22.8 Å². The normalized spacial score (nSPS) is 10.4. The van der Waals surface area contributed by atoms with Crippen LogP contribution in [0.25, 0.3) is 11.4 Å². The van der Waals surface area contributed by atoms with Crippen LogP contribution < -0.4 is 9.46 Å². The fraction of sp³-hybridized carbons (Fsp3) is 0.167. The molecule has 0 spiro atoms. The molecule has 82 valence electrons. The Labute approximate surface area is 93.6 Å². The largest absolute Gasteiger partial charge is 0.618 e. The molecule has 0 aromatic carbocycles. The van der Waals surface area contributed by atoms with Crippen molar-refractivity contribution in [2.75, 3.05) is 0 Å². The molecule has 0 fully saturated rings. The summed E-state index contributed by atoms with van der Waals surface area (Å²) in [4.78, 5) is 0. The minimum atomic E-state index is 0.436.